The number of aryl methyl sites for hydroxylation is 1. The van der Waals surface area contributed by atoms with E-state index in [4.69, 9.17) is 9.47 Å². The number of aromatic nitrogens is 1. The molecular weight excluding hydrogens is 308 g/mol. The van der Waals surface area contributed by atoms with Crippen LogP contribution in [0.15, 0.2) is 22.6 Å². The molecule has 0 fully saturated rings. The summed E-state index contributed by atoms with van der Waals surface area (Å²) in [5.74, 6) is 0.344. The molecule has 1 N–H and O–H groups in total. The van der Waals surface area contributed by atoms with Crippen LogP contribution in [0.3, 0.4) is 0 Å². The van der Waals surface area contributed by atoms with Gasteiger partial charge in [0.1, 0.15) is 0 Å². The molecule has 0 saturated heterocycles. The van der Waals surface area contributed by atoms with Crippen molar-refractivity contribution in [1.82, 2.24) is 4.98 Å². The lowest BCUT2D eigenvalue weighted by Crippen LogP contribution is -1.99. The van der Waals surface area contributed by atoms with Gasteiger partial charge in [-0.3, -0.25) is 15.5 Å². The van der Waals surface area contributed by atoms with Crippen LogP contribution in [-0.4, -0.2) is 30.3 Å². The molecule has 116 valence electrons. The Balaban J connectivity index is 2.27. The molecule has 0 aliphatic heterocycles. The minimum atomic E-state index is -0.531. The molecule has 2 rings (SSSR count). The van der Waals surface area contributed by atoms with Crippen LogP contribution >= 0.6 is 11.3 Å². The van der Waals surface area contributed by atoms with Crippen LogP contribution < -0.4 is 14.9 Å². The summed E-state index contributed by atoms with van der Waals surface area (Å²) in [4.78, 5) is 14.8. The lowest BCUT2D eigenvalue weighted by molar-refractivity contribution is -0.385. The molecule has 0 atom stereocenters. The molecule has 22 heavy (non-hydrogen) atoms. The molecular formula is C13H14N4O4S. The zero-order valence-corrected chi connectivity index (χ0v) is 13.0. The lowest BCUT2D eigenvalue weighted by atomic mass is 10.2. The summed E-state index contributed by atoms with van der Waals surface area (Å²) in [7, 11) is 2.77. The Morgan fingerprint density at radius 1 is 1.41 bits per heavy atom. The fourth-order valence-electron chi connectivity index (χ4n) is 1.74. The summed E-state index contributed by atoms with van der Waals surface area (Å²) in [6, 6.07) is 2.96. The zero-order chi connectivity index (χ0) is 16.1. The molecule has 0 saturated carbocycles. The van der Waals surface area contributed by atoms with Gasteiger partial charge in [-0.15, -0.1) is 11.3 Å². The number of nitrogens with one attached hydrogen (secondary N) is 1. The van der Waals surface area contributed by atoms with Crippen LogP contribution in [0.4, 0.5) is 10.8 Å². The summed E-state index contributed by atoms with van der Waals surface area (Å²) >= 11 is 1.42. The molecule has 0 amide bonds. The fourth-order valence-corrected chi connectivity index (χ4v) is 2.38. The van der Waals surface area contributed by atoms with E-state index in [1.54, 1.807) is 6.07 Å². The van der Waals surface area contributed by atoms with Crippen LogP contribution in [0.1, 0.15) is 11.3 Å². The third-order valence-electron chi connectivity index (χ3n) is 2.67. The second kappa shape index (κ2) is 6.85. The summed E-state index contributed by atoms with van der Waals surface area (Å²) in [5.41, 5.74) is 3.97. The molecule has 0 aliphatic carbocycles. The molecule has 0 bridgehead atoms. The minimum Gasteiger partial charge on any atom is -0.493 e. The number of methoxy groups -OCH3 is 2. The van der Waals surface area contributed by atoms with Crippen molar-refractivity contribution in [3.8, 4) is 11.5 Å². The second-order valence-electron chi connectivity index (χ2n) is 4.20. The highest BCUT2D eigenvalue weighted by molar-refractivity contribution is 7.13. The second-order valence-corrected chi connectivity index (χ2v) is 5.05. The molecule has 0 unspecified atom stereocenters. The SMILES string of the molecule is COc1cc(/C=N\Nc2nc(C)cs2)cc([N+](=O)[O-])c1OC. The van der Waals surface area contributed by atoms with Crippen molar-refractivity contribution in [2.75, 3.05) is 19.6 Å². The molecule has 8 nitrogen and oxygen atoms in total. The maximum absolute atomic E-state index is 11.1. The van der Waals surface area contributed by atoms with Gasteiger partial charge in [-0.2, -0.15) is 5.10 Å². The maximum Gasteiger partial charge on any atom is 0.315 e. The number of nitrogens with zero attached hydrogens (tertiary/aromatic N) is 3. The number of hydrogen-bond acceptors (Lipinski definition) is 8. The molecule has 1 aromatic heterocycles. The van der Waals surface area contributed by atoms with Gasteiger partial charge >= 0.3 is 5.69 Å². The van der Waals surface area contributed by atoms with Crippen LogP contribution in [0.5, 0.6) is 11.5 Å². The van der Waals surface area contributed by atoms with E-state index in [0.717, 1.165) is 5.69 Å². The van der Waals surface area contributed by atoms with Gasteiger partial charge < -0.3 is 9.47 Å². The molecule has 0 spiro atoms. The molecule has 0 aliphatic rings. The van der Waals surface area contributed by atoms with E-state index >= 15 is 0 Å². The van der Waals surface area contributed by atoms with E-state index in [9.17, 15) is 10.1 Å². The minimum absolute atomic E-state index is 0.0770. The smallest absolute Gasteiger partial charge is 0.315 e. The van der Waals surface area contributed by atoms with Crippen molar-refractivity contribution in [3.05, 3.63) is 38.9 Å². The van der Waals surface area contributed by atoms with Crippen LogP contribution in [-0.2, 0) is 0 Å². The molecule has 9 heteroatoms. The Morgan fingerprint density at radius 3 is 2.73 bits per heavy atom. The average Bonchev–Trinajstić information content (AvgIpc) is 2.91. The summed E-state index contributed by atoms with van der Waals surface area (Å²) in [6.45, 7) is 1.88. The van der Waals surface area contributed by atoms with Gasteiger partial charge in [0, 0.05) is 17.0 Å². The first-order chi connectivity index (χ1) is 10.5. The van der Waals surface area contributed by atoms with Gasteiger partial charge in [0.25, 0.3) is 0 Å². The van der Waals surface area contributed by atoms with Gasteiger partial charge in [0.2, 0.25) is 10.9 Å². The van der Waals surface area contributed by atoms with Crippen LogP contribution in [0, 0.1) is 17.0 Å². The number of nitro groups is 1. The number of benzene rings is 1. The number of rotatable bonds is 6. The first-order valence-electron chi connectivity index (χ1n) is 6.16. The van der Waals surface area contributed by atoms with Crippen molar-refractivity contribution < 1.29 is 14.4 Å². The number of hydrogen-bond donors (Lipinski definition) is 1. The quantitative estimate of drug-likeness (QED) is 0.499. The largest absolute Gasteiger partial charge is 0.493 e. The van der Waals surface area contributed by atoms with Crippen molar-refractivity contribution in [1.29, 1.82) is 0 Å². The van der Waals surface area contributed by atoms with E-state index in [1.807, 2.05) is 12.3 Å². The number of nitro benzene ring substituents is 1. The first kappa shape index (κ1) is 15.7. The highest BCUT2D eigenvalue weighted by Gasteiger charge is 2.20. The maximum atomic E-state index is 11.1. The van der Waals surface area contributed by atoms with Crippen LogP contribution in [0.2, 0.25) is 0 Å². The van der Waals surface area contributed by atoms with E-state index in [-0.39, 0.29) is 17.2 Å². The zero-order valence-electron chi connectivity index (χ0n) is 12.2. The van der Waals surface area contributed by atoms with Crippen molar-refractivity contribution in [2.24, 2.45) is 5.10 Å². The van der Waals surface area contributed by atoms with Crippen molar-refractivity contribution in [2.45, 2.75) is 6.92 Å². The molecule has 1 aromatic carbocycles. The molecule has 2 aromatic rings. The highest BCUT2D eigenvalue weighted by Crippen LogP contribution is 2.37. The third kappa shape index (κ3) is 3.50. The van der Waals surface area contributed by atoms with Gasteiger partial charge in [-0.05, 0) is 13.0 Å². The predicted octanol–water partition coefficient (Wildman–Crippen LogP) is 2.82. The monoisotopic (exact) mass is 322 g/mol. The predicted molar refractivity (Wildman–Crippen MR) is 84.3 cm³/mol. The first-order valence-corrected chi connectivity index (χ1v) is 7.04. The number of anilines is 1. The van der Waals surface area contributed by atoms with Gasteiger partial charge in [0.05, 0.1) is 31.1 Å². The standard InChI is InChI=1S/C13H14N4O4S/c1-8-7-22-13(15-8)16-14-6-9-4-10(17(18)19)12(21-3)11(5-9)20-2/h4-7H,1-3H3,(H,15,16)/b14-6-. The van der Waals surface area contributed by atoms with Crippen molar-refractivity contribution in [3.63, 3.8) is 0 Å². The molecule has 1 heterocycles. The summed E-state index contributed by atoms with van der Waals surface area (Å²) < 4.78 is 10.1. The average molecular weight is 322 g/mol. The van der Waals surface area contributed by atoms with Gasteiger partial charge in [-0.1, -0.05) is 0 Å². The van der Waals surface area contributed by atoms with Gasteiger partial charge in [0.15, 0.2) is 5.75 Å². The fraction of sp³-hybridized carbons (Fsp3) is 0.231. The van der Waals surface area contributed by atoms with E-state index < -0.39 is 4.92 Å². The topological polar surface area (TPSA) is 98.9 Å². The lowest BCUT2D eigenvalue weighted by Gasteiger charge is -2.08. The highest BCUT2D eigenvalue weighted by atomic mass is 32.1. The Bertz CT molecular complexity index is 714. The summed E-state index contributed by atoms with van der Waals surface area (Å²) in [6.07, 6.45) is 1.45. The Kier molecular flexibility index (Phi) is 4.89. The van der Waals surface area contributed by atoms with E-state index in [1.165, 1.54) is 37.8 Å². The normalized spacial score (nSPS) is 10.7. The Morgan fingerprint density at radius 2 is 2.18 bits per heavy atom. The number of ether oxygens (including phenoxy) is 2. The third-order valence-corrected chi connectivity index (χ3v) is 3.54. The summed E-state index contributed by atoms with van der Waals surface area (Å²) in [5, 5.41) is 17.6. The number of thiazole rings is 1. The van der Waals surface area contributed by atoms with Crippen LogP contribution in [0.25, 0.3) is 0 Å². The van der Waals surface area contributed by atoms with E-state index in [2.05, 4.69) is 15.5 Å². The van der Waals surface area contributed by atoms with E-state index in [0.29, 0.717) is 10.7 Å². The number of hydrazone groups is 1. The van der Waals surface area contributed by atoms with Gasteiger partial charge in [-0.25, -0.2) is 4.98 Å². The Labute approximate surface area is 130 Å². The Hall–Kier alpha value is -2.68. The van der Waals surface area contributed by atoms with Crippen molar-refractivity contribution >= 4 is 28.4 Å². The molecule has 0 radical (unpaired) electrons.